The van der Waals surface area contributed by atoms with Gasteiger partial charge in [0.1, 0.15) is 0 Å². The number of hydrogen-bond donors (Lipinski definition) is 2. The van der Waals surface area contributed by atoms with Crippen LogP contribution in [0.4, 0.5) is 0 Å². The largest absolute Gasteiger partial charge is 0.374 e. The molecular formula is C16H26N4O4S. The molecule has 0 aromatic carbocycles. The van der Waals surface area contributed by atoms with Crippen molar-refractivity contribution in [2.24, 2.45) is 0 Å². The number of aromatic nitrogens is 2. The number of morpholine rings is 1. The van der Waals surface area contributed by atoms with Crippen LogP contribution < -0.4 is 5.32 Å². The van der Waals surface area contributed by atoms with Gasteiger partial charge in [-0.05, 0) is 12.8 Å². The molecule has 0 bridgehead atoms. The molecule has 8 nitrogen and oxygen atoms in total. The average Bonchev–Trinajstić information content (AvgIpc) is 3.10. The zero-order chi connectivity index (χ0) is 17.9. The molecule has 0 radical (unpaired) electrons. The molecular weight excluding hydrogens is 344 g/mol. The number of hydrogen-bond acceptors (Lipinski definition) is 5. The van der Waals surface area contributed by atoms with Crippen LogP contribution in [-0.4, -0.2) is 67.4 Å². The molecule has 2 heterocycles. The van der Waals surface area contributed by atoms with Crippen LogP contribution in [0.1, 0.15) is 54.1 Å². The lowest BCUT2D eigenvalue weighted by Gasteiger charge is -2.31. The van der Waals surface area contributed by atoms with Crippen LogP contribution >= 0.6 is 0 Å². The fourth-order valence-electron chi connectivity index (χ4n) is 3.60. The number of sulfonamides is 1. The SMILES string of the molecule is CS(=O)(=O)N1CCOC(CNC(=O)c2cn[nH]c2C2CCCCC2)C1. The molecule has 140 valence electrons. The molecule has 2 aliphatic rings. The lowest BCUT2D eigenvalue weighted by Crippen LogP contribution is -2.49. The van der Waals surface area contributed by atoms with Gasteiger partial charge in [-0.2, -0.15) is 9.40 Å². The van der Waals surface area contributed by atoms with E-state index >= 15 is 0 Å². The molecule has 1 saturated heterocycles. The average molecular weight is 370 g/mol. The Kier molecular flexibility index (Phi) is 5.75. The maximum atomic E-state index is 12.5. The summed E-state index contributed by atoms with van der Waals surface area (Å²) in [7, 11) is -3.24. The molecule has 1 amide bonds. The summed E-state index contributed by atoms with van der Waals surface area (Å²) in [6.45, 7) is 1.24. The number of H-pyrrole nitrogens is 1. The van der Waals surface area contributed by atoms with Crippen molar-refractivity contribution in [3.05, 3.63) is 17.5 Å². The Hall–Kier alpha value is -1.45. The van der Waals surface area contributed by atoms with E-state index in [4.69, 9.17) is 4.74 Å². The molecule has 1 aromatic heterocycles. The van der Waals surface area contributed by atoms with E-state index in [1.807, 2.05) is 0 Å². The summed E-state index contributed by atoms with van der Waals surface area (Å²) in [5, 5.41) is 9.91. The van der Waals surface area contributed by atoms with Crippen LogP contribution in [0, 0.1) is 0 Å². The fraction of sp³-hybridized carbons (Fsp3) is 0.750. The Morgan fingerprint density at radius 3 is 2.88 bits per heavy atom. The standard InChI is InChI=1S/C16H26N4O4S/c1-25(22,23)20-7-8-24-13(11-20)9-17-16(21)14-10-18-19-15(14)12-5-3-2-4-6-12/h10,12-13H,2-9,11H2,1H3,(H,17,21)(H,18,19). The van der Waals surface area contributed by atoms with E-state index in [1.165, 1.54) is 29.8 Å². The van der Waals surface area contributed by atoms with Gasteiger partial charge in [-0.15, -0.1) is 0 Å². The number of aromatic amines is 1. The highest BCUT2D eigenvalue weighted by atomic mass is 32.2. The van der Waals surface area contributed by atoms with Crippen molar-refractivity contribution in [3.8, 4) is 0 Å². The molecule has 2 N–H and O–H groups in total. The number of carbonyl (C=O) groups excluding carboxylic acids is 1. The molecule has 1 aliphatic carbocycles. The summed E-state index contributed by atoms with van der Waals surface area (Å²) >= 11 is 0. The van der Waals surface area contributed by atoms with E-state index in [2.05, 4.69) is 15.5 Å². The number of rotatable bonds is 5. The van der Waals surface area contributed by atoms with Crippen LogP contribution in [-0.2, 0) is 14.8 Å². The second-order valence-electron chi connectivity index (χ2n) is 6.86. The lowest BCUT2D eigenvalue weighted by molar-refractivity contribution is 0.000430. The Balaban J connectivity index is 1.57. The molecule has 3 rings (SSSR count). The summed E-state index contributed by atoms with van der Waals surface area (Å²) < 4.78 is 30.3. The van der Waals surface area contributed by atoms with Gasteiger partial charge in [0, 0.05) is 25.6 Å². The third kappa shape index (κ3) is 4.59. The first kappa shape index (κ1) is 18.3. The molecule has 1 unspecified atom stereocenters. The number of amides is 1. The molecule has 25 heavy (non-hydrogen) atoms. The predicted octanol–water partition coefficient (Wildman–Crippen LogP) is 0.848. The highest BCUT2D eigenvalue weighted by Gasteiger charge is 2.28. The predicted molar refractivity (Wildman–Crippen MR) is 92.9 cm³/mol. The van der Waals surface area contributed by atoms with Crippen LogP contribution in [0.2, 0.25) is 0 Å². The van der Waals surface area contributed by atoms with Crippen molar-refractivity contribution >= 4 is 15.9 Å². The molecule has 1 aromatic rings. The van der Waals surface area contributed by atoms with Crippen LogP contribution in [0.15, 0.2) is 6.20 Å². The minimum atomic E-state index is -3.24. The molecule has 0 spiro atoms. The second kappa shape index (κ2) is 7.84. The summed E-state index contributed by atoms with van der Waals surface area (Å²) in [4.78, 5) is 12.5. The topological polar surface area (TPSA) is 104 Å². The van der Waals surface area contributed by atoms with Crippen LogP contribution in [0.3, 0.4) is 0 Å². The number of nitrogens with one attached hydrogen (secondary N) is 2. The van der Waals surface area contributed by atoms with E-state index in [0.717, 1.165) is 18.5 Å². The Morgan fingerprint density at radius 1 is 1.40 bits per heavy atom. The fourth-order valence-corrected chi connectivity index (χ4v) is 4.44. The highest BCUT2D eigenvalue weighted by molar-refractivity contribution is 7.88. The lowest BCUT2D eigenvalue weighted by atomic mass is 9.85. The normalized spacial score (nSPS) is 23.5. The third-order valence-corrected chi connectivity index (χ3v) is 6.26. The molecule has 1 saturated carbocycles. The first-order valence-electron chi connectivity index (χ1n) is 8.83. The third-order valence-electron chi connectivity index (χ3n) is 4.99. The monoisotopic (exact) mass is 370 g/mol. The molecule has 9 heteroatoms. The van der Waals surface area contributed by atoms with Crippen molar-refractivity contribution in [1.82, 2.24) is 19.8 Å². The van der Waals surface area contributed by atoms with Gasteiger partial charge in [-0.1, -0.05) is 19.3 Å². The smallest absolute Gasteiger partial charge is 0.254 e. The molecule has 1 aliphatic heterocycles. The van der Waals surface area contributed by atoms with Gasteiger partial charge >= 0.3 is 0 Å². The van der Waals surface area contributed by atoms with Gasteiger partial charge < -0.3 is 10.1 Å². The number of carbonyl (C=O) groups is 1. The molecule has 2 fully saturated rings. The van der Waals surface area contributed by atoms with Gasteiger partial charge in [0.05, 0.1) is 36.4 Å². The van der Waals surface area contributed by atoms with Crippen molar-refractivity contribution in [2.75, 3.05) is 32.5 Å². The van der Waals surface area contributed by atoms with Crippen molar-refractivity contribution < 1.29 is 17.9 Å². The Bertz CT molecular complexity index is 697. The van der Waals surface area contributed by atoms with E-state index in [0.29, 0.717) is 24.6 Å². The van der Waals surface area contributed by atoms with E-state index in [1.54, 1.807) is 6.20 Å². The minimum absolute atomic E-state index is 0.186. The zero-order valence-corrected chi connectivity index (χ0v) is 15.3. The molecule has 1 atom stereocenters. The maximum absolute atomic E-state index is 12.5. The van der Waals surface area contributed by atoms with Gasteiger partial charge in [0.15, 0.2) is 0 Å². The quantitative estimate of drug-likeness (QED) is 0.799. The van der Waals surface area contributed by atoms with Gasteiger partial charge in [-0.3, -0.25) is 9.89 Å². The highest BCUT2D eigenvalue weighted by Crippen LogP contribution is 2.33. The summed E-state index contributed by atoms with van der Waals surface area (Å²) in [5.74, 6) is 0.179. The number of ether oxygens (including phenoxy) is 1. The van der Waals surface area contributed by atoms with Gasteiger partial charge in [0.25, 0.3) is 5.91 Å². The Morgan fingerprint density at radius 2 is 2.16 bits per heavy atom. The van der Waals surface area contributed by atoms with E-state index < -0.39 is 10.0 Å². The van der Waals surface area contributed by atoms with E-state index in [-0.39, 0.29) is 25.1 Å². The Labute approximate surface area is 148 Å². The summed E-state index contributed by atoms with van der Waals surface area (Å²) in [6, 6.07) is 0. The van der Waals surface area contributed by atoms with Gasteiger partial charge in [-0.25, -0.2) is 8.42 Å². The zero-order valence-electron chi connectivity index (χ0n) is 14.5. The van der Waals surface area contributed by atoms with Crippen LogP contribution in [0.25, 0.3) is 0 Å². The summed E-state index contributed by atoms with van der Waals surface area (Å²) in [5.41, 5.74) is 1.50. The van der Waals surface area contributed by atoms with Crippen LogP contribution in [0.5, 0.6) is 0 Å². The van der Waals surface area contributed by atoms with Crippen molar-refractivity contribution in [2.45, 2.75) is 44.1 Å². The first-order valence-corrected chi connectivity index (χ1v) is 10.7. The second-order valence-corrected chi connectivity index (χ2v) is 8.84. The van der Waals surface area contributed by atoms with E-state index in [9.17, 15) is 13.2 Å². The minimum Gasteiger partial charge on any atom is -0.374 e. The summed E-state index contributed by atoms with van der Waals surface area (Å²) in [6.07, 6.45) is 8.21. The first-order chi connectivity index (χ1) is 11.9. The van der Waals surface area contributed by atoms with Crippen molar-refractivity contribution in [3.63, 3.8) is 0 Å². The van der Waals surface area contributed by atoms with Crippen molar-refractivity contribution in [1.29, 1.82) is 0 Å². The number of nitrogens with zero attached hydrogens (tertiary/aromatic N) is 2. The van der Waals surface area contributed by atoms with Gasteiger partial charge in [0.2, 0.25) is 10.0 Å². The maximum Gasteiger partial charge on any atom is 0.254 e.